The normalized spacial score (nSPS) is 31.0. The van der Waals surface area contributed by atoms with E-state index in [-0.39, 0.29) is 0 Å². The first kappa shape index (κ1) is 14.9. The Labute approximate surface area is 122 Å². The molecule has 5 heteroatoms. The minimum atomic E-state index is -4.33. The average Bonchev–Trinajstić information content (AvgIpc) is 2.46. The van der Waals surface area contributed by atoms with E-state index in [2.05, 4.69) is 4.90 Å². The summed E-state index contributed by atoms with van der Waals surface area (Å²) in [6.07, 6.45) is 0.337. The van der Waals surface area contributed by atoms with Crippen LogP contribution in [-0.4, -0.2) is 29.1 Å². The number of piperidine rings is 2. The zero-order valence-corrected chi connectivity index (χ0v) is 11.9. The molecule has 3 rings (SSSR count). The second-order valence-electron chi connectivity index (χ2n) is 6.25. The largest absolute Gasteiger partial charge is 0.416 e. The Morgan fingerprint density at radius 2 is 1.81 bits per heavy atom. The van der Waals surface area contributed by atoms with E-state index in [4.69, 9.17) is 0 Å². The summed E-state index contributed by atoms with van der Waals surface area (Å²) in [5, 5.41) is 10.9. The minimum Gasteiger partial charge on any atom is -0.385 e. The number of hydrogen-bond donors (Lipinski definition) is 1. The van der Waals surface area contributed by atoms with Crippen LogP contribution in [0.15, 0.2) is 24.3 Å². The highest BCUT2D eigenvalue weighted by atomic mass is 19.4. The highest BCUT2D eigenvalue weighted by molar-refractivity contribution is 5.29. The van der Waals surface area contributed by atoms with E-state index < -0.39 is 17.3 Å². The van der Waals surface area contributed by atoms with E-state index in [1.807, 2.05) is 0 Å². The van der Waals surface area contributed by atoms with Crippen molar-refractivity contribution in [3.63, 3.8) is 0 Å². The predicted molar refractivity (Wildman–Crippen MR) is 73.8 cm³/mol. The molecule has 2 fully saturated rings. The van der Waals surface area contributed by atoms with Crippen LogP contribution in [0, 0.1) is 0 Å². The number of benzene rings is 1. The highest BCUT2D eigenvalue weighted by Crippen LogP contribution is 2.39. The molecule has 2 aliphatic rings. The number of fused-ring (bicyclic) bond motifs is 1. The van der Waals surface area contributed by atoms with Crippen LogP contribution in [0.1, 0.15) is 43.2 Å². The maximum atomic E-state index is 12.6. The molecule has 2 atom stereocenters. The molecule has 0 aliphatic carbocycles. The van der Waals surface area contributed by atoms with Crippen LogP contribution in [0.2, 0.25) is 0 Å². The topological polar surface area (TPSA) is 23.5 Å². The van der Waals surface area contributed by atoms with Crippen LogP contribution in [0.3, 0.4) is 0 Å². The van der Waals surface area contributed by atoms with Gasteiger partial charge in [-0.15, -0.1) is 0 Å². The summed E-state index contributed by atoms with van der Waals surface area (Å²) < 4.78 is 37.8. The molecule has 116 valence electrons. The zero-order chi connectivity index (χ0) is 15.1. The van der Waals surface area contributed by atoms with Crippen LogP contribution in [0.25, 0.3) is 0 Å². The Balaban J connectivity index is 1.79. The van der Waals surface area contributed by atoms with E-state index >= 15 is 0 Å². The smallest absolute Gasteiger partial charge is 0.385 e. The van der Waals surface area contributed by atoms with Crippen molar-refractivity contribution in [3.05, 3.63) is 35.4 Å². The molecule has 1 unspecified atom stereocenters. The minimum absolute atomic E-state index is 0.361. The van der Waals surface area contributed by atoms with Gasteiger partial charge in [0.25, 0.3) is 0 Å². The summed E-state index contributed by atoms with van der Waals surface area (Å²) in [6, 6.07) is 5.36. The highest BCUT2D eigenvalue weighted by Gasteiger charge is 2.40. The molecular weight excluding hydrogens is 279 g/mol. The molecule has 2 aliphatic heterocycles. The van der Waals surface area contributed by atoms with E-state index in [1.54, 1.807) is 0 Å². The monoisotopic (exact) mass is 299 g/mol. The average molecular weight is 299 g/mol. The first-order valence-electron chi connectivity index (χ1n) is 7.53. The number of nitrogens with zero attached hydrogens (tertiary/aromatic N) is 1. The van der Waals surface area contributed by atoms with Gasteiger partial charge in [-0.3, -0.25) is 0 Å². The van der Waals surface area contributed by atoms with Gasteiger partial charge in [0.1, 0.15) is 0 Å². The SMILES string of the molecule is OC1(c2ccc(C(F)(F)F)cc2)CCN2CCCC[C@@H]2C1. The van der Waals surface area contributed by atoms with Crippen molar-refractivity contribution < 1.29 is 18.3 Å². The maximum Gasteiger partial charge on any atom is 0.416 e. The van der Waals surface area contributed by atoms with Gasteiger partial charge in [-0.05, 0) is 49.9 Å². The fraction of sp³-hybridized carbons (Fsp3) is 0.625. The van der Waals surface area contributed by atoms with Crippen molar-refractivity contribution in [2.45, 2.75) is 49.9 Å². The van der Waals surface area contributed by atoms with E-state index in [0.717, 1.165) is 31.6 Å². The lowest BCUT2D eigenvalue weighted by Crippen LogP contribution is -2.50. The van der Waals surface area contributed by atoms with Crippen LogP contribution in [0.4, 0.5) is 13.2 Å². The van der Waals surface area contributed by atoms with Gasteiger partial charge in [-0.1, -0.05) is 18.6 Å². The van der Waals surface area contributed by atoms with Crippen molar-refractivity contribution in [3.8, 4) is 0 Å². The van der Waals surface area contributed by atoms with Crippen LogP contribution < -0.4 is 0 Å². The number of rotatable bonds is 1. The van der Waals surface area contributed by atoms with Crippen molar-refractivity contribution in [1.29, 1.82) is 0 Å². The predicted octanol–water partition coefficient (Wildman–Crippen LogP) is 3.54. The van der Waals surface area contributed by atoms with Crippen LogP contribution in [-0.2, 0) is 11.8 Å². The van der Waals surface area contributed by atoms with Gasteiger partial charge in [0, 0.05) is 12.6 Å². The van der Waals surface area contributed by atoms with Gasteiger partial charge in [0.2, 0.25) is 0 Å². The van der Waals surface area contributed by atoms with Gasteiger partial charge in [0.05, 0.1) is 11.2 Å². The lowest BCUT2D eigenvalue weighted by molar-refractivity contribution is -0.137. The number of hydrogen-bond acceptors (Lipinski definition) is 2. The van der Waals surface area contributed by atoms with E-state index in [9.17, 15) is 18.3 Å². The molecule has 0 saturated carbocycles. The van der Waals surface area contributed by atoms with Crippen molar-refractivity contribution >= 4 is 0 Å². The standard InChI is InChI=1S/C16H20F3NO/c17-16(18,19)13-6-4-12(5-7-13)15(21)8-10-20-9-2-1-3-14(20)11-15/h4-7,14,21H,1-3,8-11H2/t14-,15?/m1/s1. The summed E-state index contributed by atoms with van der Waals surface area (Å²) in [6.45, 7) is 1.90. The molecule has 1 N–H and O–H groups in total. The van der Waals surface area contributed by atoms with Gasteiger partial charge in [0.15, 0.2) is 0 Å². The third-order valence-corrected chi connectivity index (χ3v) is 4.88. The summed E-state index contributed by atoms with van der Waals surface area (Å²) in [5.74, 6) is 0. The number of alkyl halides is 3. The molecule has 2 saturated heterocycles. The van der Waals surface area contributed by atoms with E-state index in [1.165, 1.54) is 25.0 Å². The van der Waals surface area contributed by atoms with Crippen molar-refractivity contribution in [2.24, 2.45) is 0 Å². The van der Waals surface area contributed by atoms with Crippen molar-refractivity contribution in [1.82, 2.24) is 4.90 Å². The fourth-order valence-electron chi connectivity index (χ4n) is 3.64. The van der Waals surface area contributed by atoms with Crippen molar-refractivity contribution in [2.75, 3.05) is 13.1 Å². The lowest BCUT2D eigenvalue weighted by Gasteiger charge is -2.46. The quantitative estimate of drug-likeness (QED) is 0.857. The molecular formula is C16H20F3NO. The molecule has 0 amide bonds. The first-order valence-corrected chi connectivity index (χ1v) is 7.53. The van der Waals surface area contributed by atoms with Crippen LogP contribution >= 0.6 is 0 Å². The summed E-state index contributed by atoms with van der Waals surface area (Å²) in [4.78, 5) is 2.40. The Hall–Kier alpha value is -1.07. The number of aliphatic hydroxyl groups is 1. The Kier molecular flexibility index (Phi) is 3.74. The lowest BCUT2D eigenvalue weighted by atomic mass is 9.78. The molecule has 0 spiro atoms. The van der Waals surface area contributed by atoms with Gasteiger partial charge >= 0.3 is 6.18 Å². The van der Waals surface area contributed by atoms with Gasteiger partial charge in [-0.2, -0.15) is 13.2 Å². The Bertz CT molecular complexity index is 499. The molecule has 1 aromatic rings. The molecule has 2 heterocycles. The van der Waals surface area contributed by atoms with Crippen LogP contribution in [0.5, 0.6) is 0 Å². The number of halogens is 3. The first-order chi connectivity index (χ1) is 9.88. The molecule has 1 aromatic carbocycles. The Morgan fingerprint density at radius 3 is 2.48 bits per heavy atom. The maximum absolute atomic E-state index is 12.6. The summed E-state index contributed by atoms with van der Waals surface area (Å²) in [5.41, 5.74) is -1.03. The molecule has 0 aromatic heterocycles. The summed E-state index contributed by atoms with van der Waals surface area (Å²) in [7, 11) is 0. The van der Waals surface area contributed by atoms with Gasteiger partial charge < -0.3 is 10.0 Å². The van der Waals surface area contributed by atoms with E-state index in [0.29, 0.717) is 24.4 Å². The second-order valence-corrected chi connectivity index (χ2v) is 6.25. The van der Waals surface area contributed by atoms with Gasteiger partial charge in [-0.25, -0.2) is 0 Å². The third kappa shape index (κ3) is 2.94. The Morgan fingerprint density at radius 1 is 1.10 bits per heavy atom. The fourth-order valence-corrected chi connectivity index (χ4v) is 3.64. The molecule has 2 nitrogen and oxygen atoms in total. The molecule has 0 bridgehead atoms. The third-order valence-electron chi connectivity index (χ3n) is 4.88. The zero-order valence-electron chi connectivity index (χ0n) is 11.9. The molecule has 21 heavy (non-hydrogen) atoms. The summed E-state index contributed by atoms with van der Waals surface area (Å²) >= 11 is 0. The molecule has 0 radical (unpaired) electrons. The second kappa shape index (κ2) is 5.29.